The van der Waals surface area contributed by atoms with E-state index >= 15 is 0 Å². The summed E-state index contributed by atoms with van der Waals surface area (Å²) in [5.74, 6) is 1.80. The Morgan fingerprint density at radius 3 is 3.00 bits per heavy atom. The Kier molecular flexibility index (Phi) is 4.97. The van der Waals surface area contributed by atoms with Crippen molar-refractivity contribution < 1.29 is 8.60 Å². The second kappa shape index (κ2) is 7.62. The molecule has 152 valence electrons. The summed E-state index contributed by atoms with van der Waals surface area (Å²) < 4.78 is 27.8. The largest absolute Gasteiger partial charge is 0.362 e. The SMILES string of the molecule is Cc1cc2nc(N3CCS(=O)c4ccccc4C3)nc(N[C@H]3CNC[C@@H]3F)c2s1. The van der Waals surface area contributed by atoms with Gasteiger partial charge in [0.15, 0.2) is 0 Å². The summed E-state index contributed by atoms with van der Waals surface area (Å²) in [6.07, 6.45) is -0.947. The van der Waals surface area contributed by atoms with Crippen LogP contribution in [0.25, 0.3) is 10.2 Å². The summed E-state index contributed by atoms with van der Waals surface area (Å²) in [6.45, 7) is 4.17. The lowest BCUT2D eigenvalue weighted by molar-refractivity contribution is 0.342. The van der Waals surface area contributed by atoms with E-state index in [2.05, 4.69) is 15.5 Å². The number of aryl methyl sites for hydroxylation is 1. The molecule has 0 spiro atoms. The van der Waals surface area contributed by atoms with Crippen LogP contribution in [0.2, 0.25) is 0 Å². The Balaban J connectivity index is 1.54. The quantitative estimate of drug-likeness (QED) is 0.665. The number of hydrogen-bond donors (Lipinski definition) is 2. The average Bonchev–Trinajstić information content (AvgIpc) is 3.24. The zero-order chi connectivity index (χ0) is 20.0. The predicted octanol–water partition coefficient (Wildman–Crippen LogP) is 2.85. The molecule has 2 aliphatic heterocycles. The molecule has 1 saturated heterocycles. The van der Waals surface area contributed by atoms with Gasteiger partial charge in [0.2, 0.25) is 5.95 Å². The summed E-state index contributed by atoms with van der Waals surface area (Å²) in [4.78, 5) is 13.7. The highest BCUT2D eigenvalue weighted by Gasteiger charge is 2.28. The van der Waals surface area contributed by atoms with Crippen LogP contribution in [-0.4, -0.2) is 51.8 Å². The zero-order valence-electron chi connectivity index (χ0n) is 16.0. The van der Waals surface area contributed by atoms with Crippen molar-refractivity contribution in [2.75, 3.05) is 35.6 Å². The van der Waals surface area contributed by atoms with Gasteiger partial charge in [-0.15, -0.1) is 11.3 Å². The molecule has 0 aliphatic carbocycles. The van der Waals surface area contributed by atoms with E-state index in [1.54, 1.807) is 11.3 Å². The number of aromatic nitrogens is 2. The maximum absolute atomic E-state index is 14.2. The summed E-state index contributed by atoms with van der Waals surface area (Å²) in [6, 6.07) is 9.57. The average molecular weight is 432 g/mol. The van der Waals surface area contributed by atoms with Crippen molar-refractivity contribution in [3.63, 3.8) is 0 Å². The minimum absolute atomic E-state index is 0.305. The number of nitrogens with one attached hydrogen (secondary N) is 2. The zero-order valence-corrected chi connectivity index (χ0v) is 17.7. The van der Waals surface area contributed by atoms with Crippen molar-refractivity contribution in [3.05, 3.63) is 40.8 Å². The van der Waals surface area contributed by atoms with Gasteiger partial charge in [-0.3, -0.25) is 4.21 Å². The van der Waals surface area contributed by atoms with Crippen LogP contribution in [0.5, 0.6) is 0 Å². The molecule has 1 fully saturated rings. The van der Waals surface area contributed by atoms with Gasteiger partial charge < -0.3 is 15.5 Å². The standard InChI is InChI=1S/C20H22FN5OS2/c1-12-8-15-18(28-12)19(23-16-10-22-9-14(16)21)25-20(24-15)26-6-7-29(27)17-5-3-2-4-13(17)11-26/h2-5,8,14,16,22H,6-7,9-11H2,1H3,(H,23,24,25)/t14-,16-,29?/m0/s1. The Morgan fingerprint density at radius 2 is 2.17 bits per heavy atom. The third-order valence-corrected chi connectivity index (χ3v) is 7.84. The number of rotatable bonds is 3. The fourth-order valence-electron chi connectivity index (χ4n) is 3.86. The van der Waals surface area contributed by atoms with E-state index in [1.807, 2.05) is 37.3 Å². The van der Waals surface area contributed by atoms with Crippen LogP contribution in [-0.2, 0) is 17.3 Å². The Labute approximate surface area is 175 Å². The van der Waals surface area contributed by atoms with E-state index in [0.29, 0.717) is 43.7 Å². The summed E-state index contributed by atoms with van der Waals surface area (Å²) in [5, 5.41) is 6.38. The number of thiophene rings is 1. The van der Waals surface area contributed by atoms with E-state index in [-0.39, 0.29) is 6.04 Å². The fraction of sp³-hybridized carbons (Fsp3) is 0.400. The van der Waals surface area contributed by atoms with Crippen LogP contribution in [0.15, 0.2) is 35.2 Å². The van der Waals surface area contributed by atoms with E-state index in [0.717, 1.165) is 25.6 Å². The van der Waals surface area contributed by atoms with Crippen molar-refractivity contribution in [1.82, 2.24) is 15.3 Å². The van der Waals surface area contributed by atoms with Crippen LogP contribution in [0, 0.1) is 6.92 Å². The van der Waals surface area contributed by atoms with Gasteiger partial charge in [0.05, 0.1) is 27.1 Å². The maximum atomic E-state index is 14.2. The smallest absolute Gasteiger partial charge is 0.228 e. The maximum Gasteiger partial charge on any atom is 0.228 e. The molecule has 2 aromatic heterocycles. The molecule has 9 heteroatoms. The first-order valence-corrected chi connectivity index (χ1v) is 11.8. The highest BCUT2D eigenvalue weighted by atomic mass is 32.2. The molecule has 0 amide bonds. The molecule has 3 aromatic rings. The number of hydrogen-bond acceptors (Lipinski definition) is 7. The van der Waals surface area contributed by atoms with E-state index in [4.69, 9.17) is 9.97 Å². The van der Waals surface area contributed by atoms with Crippen LogP contribution in [0.1, 0.15) is 10.4 Å². The van der Waals surface area contributed by atoms with Crippen molar-refractivity contribution in [1.29, 1.82) is 0 Å². The minimum Gasteiger partial charge on any atom is -0.362 e. The third-order valence-electron chi connectivity index (χ3n) is 5.35. The van der Waals surface area contributed by atoms with Gasteiger partial charge in [-0.05, 0) is 24.6 Å². The monoisotopic (exact) mass is 431 g/mol. The molecule has 1 unspecified atom stereocenters. The molecule has 0 radical (unpaired) electrons. The predicted molar refractivity (Wildman–Crippen MR) is 116 cm³/mol. The van der Waals surface area contributed by atoms with Crippen molar-refractivity contribution in [2.24, 2.45) is 0 Å². The molecule has 5 rings (SSSR count). The Morgan fingerprint density at radius 1 is 1.31 bits per heavy atom. The molecule has 1 aromatic carbocycles. The number of nitrogens with zero attached hydrogens (tertiary/aromatic N) is 3. The Hall–Kier alpha value is -2.10. The normalized spacial score (nSPS) is 24.5. The molecule has 0 saturated carbocycles. The van der Waals surface area contributed by atoms with Crippen LogP contribution >= 0.6 is 11.3 Å². The van der Waals surface area contributed by atoms with Gasteiger partial charge in [-0.2, -0.15) is 4.98 Å². The fourth-order valence-corrected chi connectivity index (χ4v) is 6.02. The number of anilines is 2. The van der Waals surface area contributed by atoms with Gasteiger partial charge in [-0.25, -0.2) is 9.37 Å². The van der Waals surface area contributed by atoms with Crippen molar-refractivity contribution in [3.8, 4) is 0 Å². The topological polar surface area (TPSA) is 70.2 Å². The molecular weight excluding hydrogens is 409 g/mol. The highest BCUT2D eigenvalue weighted by Crippen LogP contribution is 2.33. The van der Waals surface area contributed by atoms with Gasteiger partial charge in [0, 0.05) is 41.7 Å². The Bertz CT molecular complexity index is 1090. The summed E-state index contributed by atoms with van der Waals surface area (Å²) in [7, 11) is -1.03. The van der Waals surface area contributed by atoms with E-state index in [9.17, 15) is 8.60 Å². The summed E-state index contributed by atoms with van der Waals surface area (Å²) >= 11 is 1.61. The molecule has 6 nitrogen and oxygen atoms in total. The molecule has 4 heterocycles. The minimum atomic E-state index is -1.03. The van der Waals surface area contributed by atoms with Crippen LogP contribution < -0.4 is 15.5 Å². The lowest BCUT2D eigenvalue weighted by Gasteiger charge is -2.22. The van der Waals surface area contributed by atoms with Crippen LogP contribution in [0.4, 0.5) is 16.2 Å². The van der Waals surface area contributed by atoms with Gasteiger partial charge >= 0.3 is 0 Å². The van der Waals surface area contributed by atoms with Crippen LogP contribution in [0.3, 0.4) is 0 Å². The number of benzene rings is 1. The first-order chi connectivity index (χ1) is 14.1. The molecular formula is C20H22FN5OS2. The van der Waals surface area contributed by atoms with Gasteiger partial charge in [0.25, 0.3) is 0 Å². The molecule has 29 heavy (non-hydrogen) atoms. The number of halogens is 1. The summed E-state index contributed by atoms with van der Waals surface area (Å²) in [5.41, 5.74) is 1.90. The molecule has 0 bridgehead atoms. The van der Waals surface area contributed by atoms with Crippen molar-refractivity contribution >= 4 is 44.1 Å². The molecule has 3 atom stereocenters. The number of alkyl halides is 1. The second-order valence-electron chi connectivity index (χ2n) is 7.45. The highest BCUT2D eigenvalue weighted by molar-refractivity contribution is 7.85. The van der Waals surface area contributed by atoms with E-state index in [1.165, 1.54) is 0 Å². The van der Waals surface area contributed by atoms with E-state index < -0.39 is 17.0 Å². The lowest BCUT2D eigenvalue weighted by atomic mass is 10.2. The first kappa shape index (κ1) is 18.9. The van der Waals surface area contributed by atoms with Crippen molar-refractivity contribution in [2.45, 2.75) is 30.6 Å². The van der Waals surface area contributed by atoms with Gasteiger partial charge in [0.1, 0.15) is 12.0 Å². The molecule has 2 N–H and O–H groups in total. The van der Waals surface area contributed by atoms with Gasteiger partial charge in [-0.1, -0.05) is 18.2 Å². The first-order valence-electron chi connectivity index (χ1n) is 9.69. The second-order valence-corrected chi connectivity index (χ2v) is 10.2. The lowest BCUT2D eigenvalue weighted by Crippen LogP contribution is -2.31. The molecule has 2 aliphatic rings. The third kappa shape index (κ3) is 3.62. The number of fused-ring (bicyclic) bond motifs is 2.